The number of para-hydroxylation sites is 1. The van der Waals surface area contributed by atoms with Crippen LogP contribution in [0.4, 0.5) is 11.4 Å². The predicted molar refractivity (Wildman–Crippen MR) is 97.2 cm³/mol. The summed E-state index contributed by atoms with van der Waals surface area (Å²) in [6, 6.07) is 11.0. The molecule has 0 aliphatic heterocycles. The molecule has 0 aliphatic rings. The van der Waals surface area contributed by atoms with Crippen molar-refractivity contribution in [2.75, 3.05) is 24.9 Å². The Hall–Kier alpha value is -2.69. The molecule has 1 unspecified atom stereocenters. The molecule has 0 radical (unpaired) electrons. The summed E-state index contributed by atoms with van der Waals surface area (Å²) in [6.45, 7) is 5.78. The molecule has 0 bridgehead atoms. The topological polar surface area (TPSA) is 59.6 Å². The Labute approximate surface area is 143 Å². The molecule has 2 aromatic carbocycles. The first kappa shape index (κ1) is 17.7. The first-order valence-electron chi connectivity index (χ1n) is 7.82. The minimum atomic E-state index is -0.401. The van der Waals surface area contributed by atoms with E-state index in [2.05, 4.69) is 10.6 Å². The van der Waals surface area contributed by atoms with E-state index in [0.717, 1.165) is 22.5 Å². The first-order chi connectivity index (χ1) is 11.5. The van der Waals surface area contributed by atoms with Crippen LogP contribution < -0.4 is 20.1 Å². The molecule has 0 aliphatic carbocycles. The number of amides is 1. The van der Waals surface area contributed by atoms with Gasteiger partial charge in [-0.15, -0.1) is 0 Å². The van der Waals surface area contributed by atoms with Crippen molar-refractivity contribution in [1.29, 1.82) is 0 Å². The van der Waals surface area contributed by atoms with Gasteiger partial charge in [0.25, 0.3) is 0 Å². The van der Waals surface area contributed by atoms with Crippen LogP contribution in [-0.2, 0) is 4.79 Å². The molecule has 5 heteroatoms. The first-order valence-corrected chi connectivity index (χ1v) is 7.82. The molecule has 5 nitrogen and oxygen atoms in total. The van der Waals surface area contributed by atoms with Crippen LogP contribution in [0.3, 0.4) is 0 Å². The molecule has 0 aromatic heterocycles. The molecule has 0 saturated heterocycles. The SMILES string of the molecule is COc1ccc(NC(C)C(=O)Nc2c(C)cccc2C)cc1OC. The molecule has 128 valence electrons. The number of rotatable bonds is 6. The van der Waals surface area contributed by atoms with Crippen LogP contribution in [0.2, 0.25) is 0 Å². The molecule has 0 spiro atoms. The quantitative estimate of drug-likeness (QED) is 0.847. The largest absolute Gasteiger partial charge is 0.493 e. The minimum Gasteiger partial charge on any atom is -0.493 e. The Morgan fingerprint density at radius 3 is 2.21 bits per heavy atom. The van der Waals surface area contributed by atoms with Crippen LogP contribution in [-0.4, -0.2) is 26.2 Å². The number of nitrogens with one attached hydrogen (secondary N) is 2. The summed E-state index contributed by atoms with van der Waals surface area (Å²) in [5, 5.41) is 6.17. The summed E-state index contributed by atoms with van der Waals surface area (Å²) in [4.78, 5) is 12.5. The molecular weight excluding hydrogens is 304 g/mol. The van der Waals surface area contributed by atoms with Gasteiger partial charge in [0, 0.05) is 17.4 Å². The van der Waals surface area contributed by atoms with Crippen molar-refractivity contribution in [2.45, 2.75) is 26.8 Å². The van der Waals surface area contributed by atoms with Gasteiger partial charge >= 0.3 is 0 Å². The lowest BCUT2D eigenvalue weighted by molar-refractivity contribution is -0.116. The average Bonchev–Trinajstić information content (AvgIpc) is 2.57. The van der Waals surface area contributed by atoms with Gasteiger partial charge in [-0.25, -0.2) is 0 Å². The molecule has 1 amide bonds. The lowest BCUT2D eigenvalue weighted by atomic mass is 10.1. The highest BCUT2D eigenvalue weighted by molar-refractivity contribution is 5.97. The third kappa shape index (κ3) is 3.98. The zero-order chi connectivity index (χ0) is 17.7. The summed E-state index contributed by atoms with van der Waals surface area (Å²) in [5.74, 6) is 1.17. The van der Waals surface area contributed by atoms with Crippen molar-refractivity contribution >= 4 is 17.3 Å². The number of ether oxygens (including phenoxy) is 2. The highest BCUT2D eigenvalue weighted by Crippen LogP contribution is 2.30. The number of carbonyl (C=O) groups excluding carboxylic acids is 1. The van der Waals surface area contributed by atoms with E-state index in [9.17, 15) is 4.79 Å². The number of anilines is 2. The average molecular weight is 328 g/mol. The fraction of sp³-hybridized carbons (Fsp3) is 0.316. The molecule has 0 heterocycles. The molecule has 24 heavy (non-hydrogen) atoms. The maximum absolute atomic E-state index is 12.5. The van der Waals surface area contributed by atoms with Crippen LogP contribution in [0, 0.1) is 13.8 Å². The third-order valence-electron chi connectivity index (χ3n) is 3.89. The standard InChI is InChI=1S/C19H24N2O3/c1-12-7-6-8-13(2)18(12)21-19(22)14(3)20-15-9-10-16(23-4)17(11-15)24-5/h6-11,14,20H,1-5H3,(H,21,22). The van der Waals surface area contributed by atoms with E-state index in [4.69, 9.17) is 9.47 Å². The number of hydrogen-bond acceptors (Lipinski definition) is 4. The zero-order valence-electron chi connectivity index (χ0n) is 14.8. The zero-order valence-corrected chi connectivity index (χ0v) is 14.8. The Balaban J connectivity index is 2.09. The highest BCUT2D eigenvalue weighted by atomic mass is 16.5. The smallest absolute Gasteiger partial charge is 0.246 e. The van der Waals surface area contributed by atoms with E-state index in [0.29, 0.717) is 11.5 Å². The Morgan fingerprint density at radius 2 is 1.62 bits per heavy atom. The van der Waals surface area contributed by atoms with Gasteiger partial charge in [0.15, 0.2) is 11.5 Å². The normalized spacial score (nSPS) is 11.5. The van der Waals surface area contributed by atoms with Crippen LogP contribution >= 0.6 is 0 Å². The Bertz CT molecular complexity index is 708. The van der Waals surface area contributed by atoms with Crippen molar-refractivity contribution in [3.63, 3.8) is 0 Å². The monoisotopic (exact) mass is 328 g/mol. The molecular formula is C19H24N2O3. The molecule has 0 saturated carbocycles. The van der Waals surface area contributed by atoms with E-state index in [-0.39, 0.29) is 5.91 Å². The van der Waals surface area contributed by atoms with E-state index >= 15 is 0 Å². The predicted octanol–water partition coefficient (Wildman–Crippen LogP) is 3.76. The van der Waals surface area contributed by atoms with Gasteiger partial charge < -0.3 is 20.1 Å². The molecule has 2 N–H and O–H groups in total. The second-order valence-corrected chi connectivity index (χ2v) is 5.69. The summed E-state index contributed by atoms with van der Waals surface area (Å²) in [6.07, 6.45) is 0. The number of benzene rings is 2. The van der Waals surface area contributed by atoms with Gasteiger partial charge in [-0.1, -0.05) is 18.2 Å². The number of aryl methyl sites for hydroxylation is 2. The van der Waals surface area contributed by atoms with Gasteiger partial charge in [0.2, 0.25) is 5.91 Å². The highest BCUT2D eigenvalue weighted by Gasteiger charge is 2.15. The van der Waals surface area contributed by atoms with Gasteiger partial charge in [-0.2, -0.15) is 0 Å². The minimum absolute atomic E-state index is 0.0952. The molecule has 2 aromatic rings. The van der Waals surface area contributed by atoms with Crippen LogP contribution in [0.1, 0.15) is 18.1 Å². The second-order valence-electron chi connectivity index (χ2n) is 5.69. The van der Waals surface area contributed by atoms with Gasteiger partial charge in [-0.05, 0) is 44.0 Å². The van der Waals surface area contributed by atoms with E-state index in [1.165, 1.54) is 0 Å². The van der Waals surface area contributed by atoms with Gasteiger partial charge in [0.1, 0.15) is 6.04 Å². The lowest BCUT2D eigenvalue weighted by Crippen LogP contribution is -2.32. The second kappa shape index (κ2) is 7.73. The maximum atomic E-state index is 12.5. The van der Waals surface area contributed by atoms with E-state index in [1.807, 2.05) is 51.1 Å². The number of hydrogen-bond donors (Lipinski definition) is 2. The van der Waals surface area contributed by atoms with Crippen molar-refractivity contribution in [2.24, 2.45) is 0 Å². The fourth-order valence-electron chi connectivity index (χ4n) is 2.48. The summed E-state index contributed by atoms with van der Waals surface area (Å²) < 4.78 is 10.5. The third-order valence-corrected chi connectivity index (χ3v) is 3.89. The Morgan fingerprint density at radius 1 is 1.00 bits per heavy atom. The van der Waals surface area contributed by atoms with E-state index in [1.54, 1.807) is 20.3 Å². The maximum Gasteiger partial charge on any atom is 0.246 e. The summed E-state index contributed by atoms with van der Waals surface area (Å²) in [7, 11) is 3.17. The van der Waals surface area contributed by atoms with Crippen LogP contribution in [0.25, 0.3) is 0 Å². The number of carbonyl (C=O) groups is 1. The van der Waals surface area contributed by atoms with Crippen molar-refractivity contribution in [3.8, 4) is 11.5 Å². The summed E-state index contributed by atoms with van der Waals surface area (Å²) in [5.41, 5.74) is 3.74. The number of methoxy groups -OCH3 is 2. The fourth-order valence-corrected chi connectivity index (χ4v) is 2.48. The Kier molecular flexibility index (Phi) is 5.68. The van der Waals surface area contributed by atoms with Gasteiger partial charge in [-0.3, -0.25) is 4.79 Å². The molecule has 0 fully saturated rings. The van der Waals surface area contributed by atoms with Gasteiger partial charge in [0.05, 0.1) is 14.2 Å². The molecule has 1 atom stereocenters. The van der Waals surface area contributed by atoms with E-state index < -0.39 is 6.04 Å². The molecule has 2 rings (SSSR count). The van der Waals surface area contributed by atoms with Crippen LogP contribution in [0.5, 0.6) is 11.5 Å². The van der Waals surface area contributed by atoms with Crippen molar-refractivity contribution < 1.29 is 14.3 Å². The summed E-state index contributed by atoms with van der Waals surface area (Å²) >= 11 is 0. The van der Waals surface area contributed by atoms with Crippen LogP contribution in [0.15, 0.2) is 36.4 Å². The lowest BCUT2D eigenvalue weighted by Gasteiger charge is -2.18. The van der Waals surface area contributed by atoms with Crippen molar-refractivity contribution in [1.82, 2.24) is 0 Å². The van der Waals surface area contributed by atoms with Crippen molar-refractivity contribution in [3.05, 3.63) is 47.5 Å².